The second kappa shape index (κ2) is 9.14. The Bertz CT molecular complexity index is 804. The van der Waals surface area contributed by atoms with Crippen LogP contribution in [0.2, 0.25) is 0 Å². The molecule has 1 aliphatic rings. The molecule has 2 N–H and O–H groups in total. The molecule has 0 bridgehead atoms. The molecule has 0 fully saturated rings. The van der Waals surface area contributed by atoms with Crippen molar-refractivity contribution in [3.8, 4) is 0 Å². The zero-order valence-corrected chi connectivity index (χ0v) is 18.2. The van der Waals surface area contributed by atoms with Crippen LogP contribution in [0.3, 0.4) is 0 Å². The molecule has 1 aliphatic carbocycles. The lowest BCUT2D eigenvalue weighted by Gasteiger charge is -2.42. The van der Waals surface area contributed by atoms with Gasteiger partial charge in [-0.1, -0.05) is 58.6 Å². The summed E-state index contributed by atoms with van der Waals surface area (Å²) in [6.07, 6.45) is 16.3. The summed E-state index contributed by atoms with van der Waals surface area (Å²) in [5.74, 6) is 0. The first-order valence-electron chi connectivity index (χ1n) is 10.2. The van der Waals surface area contributed by atoms with Crippen LogP contribution in [-0.2, 0) is 10.8 Å². The summed E-state index contributed by atoms with van der Waals surface area (Å²) < 4.78 is 0. The number of anilines is 1. The monoisotopic (exact) mass is 376 g/mol. The maximum Gasteiger partial charge on any atom is 0.0460 e. The fourth-order valence-electron chi connectivity index (χ4n) is 3.78. The minimum absolute atomic E-state index is 0.180. The normalized spacial score (nSPS) is 18.1. The predicted octanol–water partition coefficient (Wildman–Crippen LogP) is 6.84. The van der Waals surface area contributed by atoms with Gasteiger partial charge in [0.25, 0.3) is 0 Å². The van der Waals surface area contributed by atoms with E-state index >= 15 is 0 Å². The van der Waals surface area contributed by atoms with Gasteiger partial charge in [0.15, 0.2) is 0 Å². The van der Waals surface area contributed by atoms with Crippen LogP contribution >= 0.6 is 0 Å². The SMILES string of the molecule is C=C/C=C(\C=C\NCC=C)Nc1cc2c(cc1/C=C/C)C(C)(C)CCC2(C)C. The maximum absolute atomic E-state index is 3.86. The van der Waals surface area contributed by atoms with Crippen molar-refractivity contribution in [2.45, 2.75) is 58.3 Å². The Morgan fingerprint density at radius 1 is 1.07 bits per heavy atom. The number of allylic oxidation sites excluding steroid dienone is 4. The molecule has 2 nitrogen and oxygen atoms in total. The third kappa shape index (κ3) is 5.07. The molecule has 0 aliphatic heterocycles. The molecule has 28 heavy (non-hydrogen) atoms. The van der Waals surface area contributed by atoms with Gasteiger partial charge >= 0.3 is 0 Å². The van der Waals surface area contributed by atoms with Gasteiger partial charge < -0.3 is 10.6 Å². The third-order valence-corrected chi connectivity index (χ3v) is 5.59. The van der Waals surface area contributed by atoms with E-state index in [0.717, 1.165) is 17.9 Å². The van der Waals surface area contributed by atoms with Gasteiger partial charge in [-0.25, -0.2) is 0 Å². The van der Waals surface area contributed by atoms with E-state index in [1.807, 2.05) is 24.4 Å². The highest BCUT2D eigenvalue weighted by molar-refractivity contribution is 5.72. The van der Waals surface area contributed by atoms with E-state index < -0.39 is 0 Å². The fourth-order valence-corrected chi connectivity index (χ4v) is 3.78. The number of hydrogen-bond acceptors (Lipinski definition) is 2. The fraction of sp³-hybridized carbons (Fsp3) is 0.385. The van der Waals surface area contributed by atoms with E-state index in [2.05, 4.69) is 82.7 Å². The lowest BCUT2D eigenvalue weighted by atomic mass is 9.63. The van der Waals surface area contributed by atoms with Gasteiger partial charge in [0, 0.05) is 17.9 Å². The Kier molecular flexibility index (Phi) is 7.12. The van der Waals surface area contributed by atoms with Crippen LogP contribution in [0.4, 0.5) is 5.69 Å². The van der Waals surface area contributed by atoms with E-state index in [1.54, 1.807) is 6.08 Å². The van der Waals surface area contributed by atoms with Crippen molar-refractivity contribution >= 4 is 11.8 Å². The van der Waals surface area contributed by atoms with Crippen molar-refractivity contribution in [1.29, 1.82) is 0 Å². The Morgan fingerprint density at radius 3 is 2.29 bits per heavy atom. The Labute approximate surface area is 171 Å². The highest BCUT2D eigenvalue weighted by atomic mass is 14.9. The van der Waals surface area contributed by atoms with Gasteiger partial charge in [0.2, 0.25) is 0 Å². The van der Waals surface area contributed by atoms with Crippen molar-refractivity contribution in [2.24, 2.45) is 0 Å². The maximum atomic E-state index is 3.86. The zero-order valence-electron chi connectivity index (χ0n) is 18.2. The minimum Gasteiger partial charge on any atom is -0.387 e. The van der Waals surface area contributed by atoms with Gasteiger partial charge in [-0.05, 0) is 77.8 Å². The molecule has 0 saturated heterocycles. The van der Waals surface area contributed by atoms with Crippen LogP contribution in [0.15, 0.2) is 67.6 Å². The molecular weight excluding hydrogens is 340 g/mol. The summed E-state index contributed by atoms with van der Waals surface area (Å²) in [5, 5.41) is 6.81. The van der Waals surface area contributed by atoms with Crippen LogP contribution in [0, 0.1) is 0 Å². The summed E-state index contributed by atoms with van der Waals surface area (Å²) in [4.78, 5) is 0. The van der Waals surface area contributed by atoms with E-state index in [4.69, 9.17) is 0 Å². The summed E-state index contributed by atoms with van der Waals surface area (Å²) >= 11 is 0. The highest BCUT2D eigenvalue weighted by Crippen LogP contribution is 2.47. The van der Waals surface area contributed by atoms with Gasteiger partial charge in [-0.3, -0.25) is 0 Å². The molecule has 0 amide bonds. The standard InChI is InChI=1S/C26H36N2/c1-8-11-20-18-22-23(26(6,7)15-14-25(22,4)5)19-24(20)28-21(12-9-2)13-17-27-16-10-3/h8-13,17-19,27-28H,2-3,14-16H2,1,4-7H3/b11-8+,17-13+,21-12+. The third-order valence-electron chi connectivity index (χ3n) is 5.59. The molecule has 2 heteroatoms. The van der Waals surface area contributed by atoms with E-state index in [0.29, 0.717) is 0 Å². The van der Waals surface area contributed by atoms with Crippen molar-refractivity contribution < 1.29 is 0 Å². The van der Waals surface area contributed by atoms with Gasteiger partial charge in [0.05, 0.1) is 0 Å². The summed E-state index contributed by atoms with van der Waals surface area (Å²) in [5.41, 5.74) is 6.64. The van der Waals surface area contributed by atoms with Crippen LogP contribution < -0.4 is 10.6 Å². The molecular formula is C26H36N2. The average Bonchev–Trinajstić information content (AvgIpc) is 2.64. The summed E-state index contributed by atoms with van der Waals surface area (Å²) in [7, 11) is 0. The number of benzene rings is 1. The summed E-state index contributed by atoms with van der Waals surface area (Å²) in [6.45, 7) is 19.8. The molecule has 1 aromatic carbocycles. The average molecular weight is 377 g/mol. The number of rotatable bonds is 8. The van der Waals surface area contributed by atoms with Crippen molar-refractivity contribution in [3.63, 3.8) is 0 Å². The second-order valence-electron chi connectivity index (χ2n) is 8.77. The van der Waals surface area contributed by atoms with Gasteiger partial charge in [0.1, 0.15) is 0 Å². The van der Waals surface area contributed by atoms with Crippen molar-refractivity contribution in [2.75, 3.05) is 11.9 Å². The first-order valence-corrected chi connectivity index (χ1v) is 10.2. The van der Waals surface area contributed by atoms with Crippen LogP contribution in [-0.4, -0.2) is 6.54 Å². The molecule has 0 unspecified atom stereocenters. The number of hydrogen-bond donors (Lipinski definition) is 2. The predicted molar refractivity (Wildman–Crippen MR) is 126 cm³/mol. The molecule has 150 valence electrons. The zero-order chi connectivity index (χ0) is 20.8. The Balaban J connectivity index is 2.50. The molecule has 1 aromatic rings. The molecule has 0 saturated carbocycles. The first-order chi connectivity index (χ1) is 13.2. The highest BCUT2D eigenvalue weighted by Gasteiger charge is 2.37. The molecule has 0 radical (unpaired) electrons. The molecule has 0 atom stereocenters. The molecule has 0 aromatic heterocycles. The Morgan fingerprint density at radius 2 is 1.71 bits per heavy atom. The topological polar surface area (TPSA) is 24.1 Å². The van der Waals surface area contributed by atoms with Crippen molar-refractivity contribution in [3.05, 3.63) is 84.3 Å². The molecule has 0 spiro atoms. The van der Waals surface area contributed by atoms with Crippen LogP contribution in [0.25, 0.3) is 6.08 Å². The molecule has 2 rings (SSSR count). The smallest absolute Gasteiger partial charge is 0.0460 e. The number of fused-ring (bicyclic) bond motifs is 1. The van der Waals surface area contributed by atoms with E-state index in [-0.39, 0.29) is 10.8 Å². The lowest BCUT2D eigenvalue weighted by Crippen LogP contribution is -2.34. The quantitative estimate of drug-likeness (QED) is 0.295. The van der Waals surface area contributed by atoms with Crippen molar-refractivity contribution in [1.82, 2.24) is 5.32 Å². The second-order valence-corrected chi connectivity index (χ2v) is 8.77. The lowest BCUT2D eigenvalue weighted by molar-refractivity contribution is 0.332. The van der Waals surface area contributed by atoms with Gasteiger partial charge in [-0.2, -0.15) is 0 Å². The van der Waals surface area contributed by atoms with Crippen LogP contribution in [0.1, 0.15) is 64.2 Å². The largest absolute Gasteiger partial charge is 0.387 e. The molecule has 0 heterocycles. The van der Waals surface area contributed by atoms with Crippen LogP contribution in [0.5, 0.6) is 0 Å². The Hall–Kier alpha value is -2.48. The van der Waals surface area contributed by atoms with E-state index in [1.165, 1.54) is 29.5 Å². The van der Waals surface area contributed by atoms with E-state index in [9.17, 15) is 0 Å². The summed E-state index contributed by atoms with van der Waals surface area (Å²) in [6, 6.07) is 4.73. The van der Waals surface area contributed by atoms with Gasteiger partial charge in [-0.15, -0.1) is 6.58 Å². The first kappa shape index (κ1) is 21.8. The minimum atomic E-state index is 0.180. The number of nitrogens with one attached hydrogen (secondary N) is 2.